The summed E-state index contributed by atoms with van der Waals surface area (Å²) >= 11 is 10.5. The van der Waals surface area contributed by atoms with Crippen LogP contribution in [0.1, 0.15) is 12.8 Å². The van der Waals surface area contributed by atoms with Crippen molar-refractivity contribution in [2.24, 2.45) is 0 Å². The summed E-state index contributed by atoms with van der Waals surface area (Å²) in [7, 11) is 0. The van der Waals surface area contributed by atoms with Crippen molar-refractivity contribution in [3.8, 4) is 0 Å². The summed E-state index contributed by atoms with van der Waals surface area (Å²) in [5, 5.41) is -0.931. The maximum absolute atomic E-state index is 10.6. The number of halogens is 2. The minimum Gasteiger partial charge on any atom is -0.276 e. The molecule has 12 heavy (non-hydrogen) atoms. The normalized spacial score (nSPS) is 16.5. The lowest BCUT2D eigenvalue weighted by Crippen LogP contribution is -2.02. The molecule has 0 aliphatic heterocycles. The predicted octanol–water partition coefficient (Wildman–Crippen LogP) is 2.16. The SMILES string of the molecule is O=C(Cl)C1=CCC(C(=O)Cl)=CC1. The fourth-order valence-electron chi connectivity index (χ4n) is 0.954. The van der Waals surface area contributed by atoms with Gasteiger partial charge < -0.3 is 0 Å². The Morgan fingerprint density at radius 2 is 1.33 bits per heavy atom. The molecule has 4 heteroatoms. The summed E-state index contributed by atoms with van der Waals surface area (Å²) in [6.45, 7) is 0. The summed E-state index contributed by atoms with van der Waals surface area (Å²) in [4.78, 5) is 21.3. The third kappa shape index (κ3) is 2.19. The fraction of sp³-hybridized carbons (Fsp3) is 0.250. The molecule has 0 fully saturated rings. The van der Waals surface area contributed by atoms with E-state index in [1.54, 1.807) is 12.2 Å². The predicted molar refractivity (Wildman–Crippen MR) is 47.1 cm³/mol. The zero-order valence-electron chi connectivity index (χ0n) is 6.14. The van der Waals surface area contributed by atoms with Crippen LogP contribution in [0.5, 0.6) is 0 Å². The molecule has 2 nitrogen and oxygen atoms in total. The van der Waals surface area contributed by atoms with Crippen LogP contribution >= 0.6 is 23.2 Å². The number of carbonyl (C=O) groups is 2. The number of hydrogen-bond donors (Lipinski definition) is 0. The van der Waals surface area contributed by atoms with Crippen LogP contribution in [0.3, 0.4) is 0 Å². The lowest BCUT2D eigenvalue weighted by atomic mass is 10.0. The molecule has 0 aromatic heterocycles. The van der Waals surface area contributed by atoms with Crippen LogP contribution in [0.25, 0.3) is 0 Å². The Kier molecular flexibility index (Phi) is 3.06. The zero-order valence-corrected chi connectivity index (χ0v) is 7.65. The van der Waals surface area contributed by atoms with E-state index in [0.717, 1.165) is 0 Å². The van der Waals surface area contributed by atoms with Gasteiger partial charge in [-0.05, 0) is 36.0 Å². The van der Waals surface area contributed by atoms with Gasteiger partial charge in [-0.15, -0.1) is 0 Å². The lowest BCUT2D eigenvalue weighted by molar-refractivity contribution is -0.109. The second kappa shape index (κ2) is 3.87. The van der Waals surface area contributed by atoms with Crippen molar-refractivity contribution in [1.29, 1.82) is 0 Å². The Bertz CT molecular complexity index is 259. The average Bonchev–Trinajstić information content (AvgIpc) is 2.04. The largest absolute Gasteiger partial charge is 0.276 e. The molecule has 1 rings (SSSR count). The van der Waals surface area contributed by atoms with Gasteiger partial charge in [0.05, 0.1) is 0 Å². The van der Waals surface area contributed by atoms with Gasteiger partial charge in [0.25, 0.3) is 0 Å². The molecule has 0 spiro atoms. The van der Waals surface area contributed by atoms with Crippen LogP contribution in [0.2, 0.25) is 0 Å². The first kappa shape index (κ1) is 9.49. The summed E-state index contributed by atoms with van der Waals surface area (Å²) < 4.78 is 0. The highest BCUT2D eigenvalue weighted by Crippen LogP contribution is 2.20. The van der Waals surface area contributed by atoms with Gasteiger partial charge in [-0.2, -0.15) is 0 Å². The third-order valence-corrected chi connectivity index (χ3v) is 2.13. The molecule has 1 aliphatic rings. The van der Waals surface area contributed by atoms with E-state index in [9.17, 15) is 9.59 Å². The molecule has 0 amide bonds. The van der Waals surface area contributed by atoms with E-state index in [2.05, 4.69) is 0 Å². The molecule has 0 unspecified atom stereocenters. The molecule has 0 atom stereocenters. The second-order valence-electron chi connectivity index (χ2n) is 2.41. The Morgan fingerprint density at radius 1 is 1.00 bits per heavy atom. The molecular weight excluding hydrogens is 199 g/mol. The number of hydrogen-bond acceptors (Lipinski definition) is 2. The van der Waals surface area contributed by atoms with E-state index in [0.29, 0.717) is 24.0 Å². The van der Waals surface area contributed by atoms with E-state index in [1.165, 1.54) is 0 Å². The molecule has 0 aromatic carbocycles. The first-order chi connectivity index (χ1) is 5.61. The molecule has 0 bridgehead atoms. The quantitative estimate of drug-likeness (QED) is 0.647. The van der Waals surface area contributed by atoms with Crippen molar-refractivity contribution < 1.29 is 9.59 Å². The van der Waals surface area contributed by atoms with Crippen LogP contribution < -0.4 is 0 Å². The minimum atomic E-state index is -0.465. The molecule has 0 saturated carbocycles. The first-order valence-electron chi connectivity index (χ1n) is 3.39. The van der Waals surface area contributed by atoms with Gasteiger partial charge in [0.2, 0.25) is 10.5 Å². The Balaban J connectivity index is 2.66. The van der Waals surface area contributed by atoms with E-state index < -0.39 is 10.5 Å². The molecule has 0 saturated heterocycles. The highest BCUT2D eigenvalue weighted by molar-refractivity contribution is 6.68. The summed E-state index contributed by atoms with van der Waals surface area (Å²) in [5.74, 6) is 0. The topological polar surface area (TPSA) is 34.1 Å². The first-order valence-corrected chi connectivity index (χ1v) is 4.14. The van der Waals surface area contributed by atoms with Crippen molar-refractivity contribution >= 4 is 33.7 Å². The van der Waals surface area contributed by atoms with E-state index in [4.69, 9.17) is 23.2 Å². The fourth-order valence-corrected chi connectivity index (χ4v) is 1.26. The lowest BCUT2D eigenvalue weighted by Gasteiger charge is -2.06. The van der Waals surface area contributed by atoms with Crippen molar-refractivity contribution in [1.82, 2.24) is 0 Å². The smallest absolute Gasteiger partial charge is 0.248 e. The number of rotatable bonds is 2. The molecule has 1 aliphatic carbocycles. The maximum atomic E-state index is 10.6. The highest BCUT2D eigenvalue weighted by atomic mass is 35.5. The van der Waals surface area contributed by atoms with Gasteiger partial charge >= 0.3 is 0 Å². The summed E-state index contributed by atoms with van der Waals surface area (Å²) in [6.07, 6.45) is 4.06. The number of carbonyl (C=O) groups excluding carboxylic acids is 2. The van der Waals surface area contributed by atoms with Crippen molar-refractivity contribution in [2.75, 3.05) is 0 Å². The Labute approximate surface area is 79.8 Å². The van der Waals surface area contributed by atoms with Crippen LogP contribution in [-0.2, 0) is 9.59 Å². The van der Waals surface area contributed by atoms with Gasteiger partial charge in [0.1, 0.15) is 0 Å². The third-order valence-electron chi connectivity index (χ3n) is 1.64. The Hall–Kier alpha value is -0.600. The van der Waals surface area contributed by atoms with Gasteiger partial charge in [-0.25, -0.2) is 0 Å². The molecule has 0 radical (unpaired) electrons. The van der Waals surface area contributed by atoms with Crippen molar-refractivity contribution in [3.05, 3.63) is 23.3 Å². The van der Waals surface area contributed by atoms with Crippen molar-refractivity contribution in [2.45, 2.75) is 12.8 Å². The van der Waals surface area contributed by atoms with E-state index in [-0.39, 0.29) is 0 Å². The monoisotopic (exact) mass is 204 g/mol. The maximum Gasteiger partial charge on any atom is 0.248 e. The molecule has 0 heterocycles. The zero-order chi connectivity index (χ0) is 9.14. The summed E-state index contributed by atoms with van der Waals surface area (Å²) in [5.41, 5.74) is 1.05. The molecular formula is C8H6Cl2O2. The van der Waals surface area contributed by atoms with Crippen LogP contribution in [-0.4, -0.2) is 10.5 Å². The van der Waals surface area contributed by atoms with Gasteiger partial charge in [0, 0.05) is 11.1 Å². The molecule has 0 aromatic rings. The van der Waals surface area contributed by atoms with Crippen LogP contribution in [0.15, 0.2) is 23.3 Å². The highest BCUT2D eigenvalue weighted by Gasteiger charge is 2.13. The van der Waals surface area contributed by atoms with Crippen LogP contribution in [0, 0.1) is 0 Å². The standard InChI is InChI=1S/C8H6Cl2O2/c9-7(11)5-1-2-6(4-3-5)8(10)12/h1,4H,2-3H2. The van der Waals surface area contributed by atoms with E-state index >= 15 is 0 Å². The average molecular weight is 205 g/mol. The van der Waals surface area contributed by atoms with Gasteiger partial charge in [-0.3, -0.25) is 9.59 Å². The minimum absolute atomic E-state index is 0.399. The van der Waals surface area contributed by atoms with E-state index in [1.807, 2.05) is 0 Å². The van der Waals surface area contributed by atoms with Crippen molar-refractivity contribution in [3.63, 3.8) is 0 Å². The molecule has 0 N–H and O–H groups in total. The molecule has 64 valence electrons. The Morgan fingerprint density at radius 3 is 1.50 bits per heavy atom. The number of allylic oxidation sites excluding steroid dienone is 4. The van der Waals surface area contributed by atoms with Crippen LogP contribution in [0.4, 0.5) is 0 Å². The van der Waals surface area contributed by atoms with Gasteiger partial charge in [0.15, 0.2) is 0 Å². The summed E-state index contributed by atoms with van der Waals surface area (Å²) in [6, 6.07) is 0. The second-order valence-corrected chi connectivity index (χ2v) is 3.10. The van der Waals surface area contributed by atoms with Gasteiger partial charge in [-0.1, -0.05) is 12.2 Å².